The zero-order valence-electron chi connectivity index (χ0n) is 14.0. The third-order valence-electron chi connectivity index (χ3n) is 3.64. The number of carbonyl (C=O) groups excluding carboxylic acids is 2. The fourth-order valence-corrected chi connectivity index (χ4v) is 2.42. The highest BCUT2D eigenvalue weighted by Gasteiger charge is 2.15. The Balaban J connectivity index is 0.000000238. The molecule has 2 rings (SSSR count). The van der Waals surface area contributed by atoms with Crippen LogP contribution in [0.15, 0.2) is 10.6 Å². The number of nitrogens with zero attached hydrogens (tertiary/aromatic N) is 1. The standard InChI is InChI=1S/C10H20N2O.C6H8N2O2/c1-8(11)7-10(13)12-9-5-3-2-4-6-9;1-2-4-3-5(6(7)9)8-10-4/h8-9H,2-7,11H2,1H3,(H,12,13);3H,2H2,1H3,(H2,7,9). The maximum atomic E-state index is 11.3. The van der Waals surface area contributed by atoms with Gasteiger partial charge in [0.05, 0.1) is 0 Å². The van der Waals surface area contributed by atoms with Crippen molar-refractivity contribution in [3.05, 3.63) is 17.5 Å². The summed E-state index contributed by atoms with van der Waals surface area (Å²) < 4.78 is 4.72. The second kappa shape index (κ2) is 9.99. The zero-order valence-corrected chi connectivity index (χ0v) is 14.0. The number of primary amides is 1. The monoisotopic (exact) mass is 324 g/mol. The second-order valence-electron chi connectivity index (χ2n) is 5.98. The lowest BCUT2D eigenvalue weighted by Crippen LogP contribution is -2.38. The molecule has 1 aliphatic rings. The molecule has 1 aliphatic carbocycles. The van der Waals surface area contributed by atoms with Crippen LogP contribution in [0.25, 0.3) is 0 Å². The van der Waals surface area contributed by atoms with Crippen LogP contribution in [0.3, 0.4) is 0 Å². The first-order valence-electron chi connectivity index (χ1n) is 8.22. The van der Waals surface area contributed by atoms with Crippen molar-refractivity contribution >= 4 is 11.8 Å². The van der Waals surface area contributed by atoms with Crippen molar-refractivity contribution in [1.29, 1.82) is 0 Å². The predicted octanol–water partition coefficient (Wildman–Crippen LogP) is 1.51. The molecule has 0 spiro atoms. The summed E-state index contributed by atoms with van der Waals surface area (Å²) in [5.74, 6) is 0.235. The molecule has 0 radical (unpaired) electrons. The molecule has 23 heavy (non-hydrogen) atoms. The summed E-state index contributed by atoms with van der Waals surface area (Å²) >= 11 is 0. The average molecular weight is 324 g/mol. The van der Waals surface area contributed by atoms with Crippen molar-refractivity contribution in [2.45, 2.75) is 70.9 Å². The first kappa shape index (κ1) is 19.2. The maximum absolute atomic E-state index is 11.3. The van der Waals surface area contributed by atoms with Crippen molar-refractivity contribution in [2.24, 2.45) is 11.5 Å². The van der Waals surface area contributed by atoms with Gasteiger partial charge in [0.15, 0.2) is 5.69 Å². The average Bonchev–Trinajstić information content (AvgIpc) is 2.97. The largest absolute Gasteiger partial charge is 0.364 e. The van der Waals surface area contributed by atoms with Gasteiger partial charge in [-0.1, -0.05) is 31.3 Å². The number of aryl methyl sites for hydroxylation is 1. The van der Waals surface area contributed by atoms with Crippen LogP contribution in [0.2, 0.25) is 0 Å². The van der Waals surface area contributed by atoms with Crippen LogP contribution >= 0.6 is 0 Å². The number of carbonyl (C=O) groups is 2. The summed E-state index contributed by atoms with van der Waals surface area (Å²) in [7, 11) is 0. The molecule has 1 fully saturated rings. The molecule has 0 saturated heterocycles. The van der Waals surface area contributed by atoms with Crippen molar-refractivity contribution in [3.8, 4) is 0 Å². The van der Waals surface area contributed by atoms with Crippen molar-refractivity contribution in [1.82, 2.24) is 10.5 Å². The maximum Gasteiger partial charge on any atom is 0.270 e. The Labute approximate surface area is 137 Å². The minimum atomic E-state index is -0.552. The number of amides is 2. The predicted molar refractivity (Wildman–Crippen MR) is 87.7 cm³/mol. The van der Waals surface area contributed by atoms with Gasteiger partial charge in [0.1, 0.15) is 5.76 Å². The van der Waals surface area contributed by atoms with Crippen LogP contribution in [0.4, 0.5) is 0 Å². The van der Waals surface area contributed by atoms with E-state index in [4.69, 9.17) is 16.0 Å². The Hall–Kier alpha value is -1.89. The molecule has 0 bridgehead atoms. The van der Waals surface area contributed by atoms with E-state index in [2.05, 4.69) is 10.5 Å². The zero-order chi connectivity index (χ0) is 17.2. The number of aromatic nitrogens is 1. The molecular weight excluding hydrogens is 296 g/mol. The number of hydrogen-bond donors (Lipinski definition) is 3. The van der Waals surface area contributed by atoms with Gasteiger partial charge in [-0.05, 0) is 19.8 Å². The van der Waals surface area contributed by atoms with E-state index in [-0.39, 0.29) is 17.6 Å². The molecule has 7 heteroatoms. The summed E-state index contributed by atoms with van der Waals surface area (Å²) in [4.78, 5) is 21.8. The lowest BCUT2D eigenvalue weighted by Gasteiger charge is -2.23. The SMILES string of the molecule is CC(N)CC(=O)NC1CCCCC1.CCc1cc(C(N)=O)no1. The molecule has 1 atom stereocenters. The summed E-state index contributed by atoms with van der Waals surface area (Å²) in [6, 6.07) is 1.94. The molecule has 1 heterocycles. The number of nitrogens with one attached hydrogen (secondary N) is 1. The molecular formula is C16H28N4O3. The van der Waals surface area contributed by atoms with E-state index in [0.29, 0.717) is 18.2 Å². The Kier molecular flexibility index (Phi) is 8.32. The summed E-state index contributed by atoms with van der Waals surface area (Å²) in [5.41, 5.74) is 10.6. The first-order chi connectivity index (χ1) is 10.9. The van der Waals surface area contributed by atoms with E-state index in [1.807, 2.05) is 13.8 Å². The van der Waals surface area contributed by atoms with E-state index in [1.165, 1.54) is 19.3 Å². The molecule has 7 nitrogen and oxygen atoms in total. The topological polar surface area (TPSA) is 124 Å². The lowest BCUT2D eigenvalue weighted by molar-refractivity contribution is -0.122. The van der Waals surface area contributed by atoms with Crippen LogP contribution in [0.1, 0.15) is 68.6 Å². The van der Waals surface area contributed by atoms with Crippen molar-refractivity contribution in [3.63, 3.8) is 0 Å². The summed E-state index contributed by atoms with van der Waals surface area (Å²) in [6.07, 6.45) is 7.29. The van der Waals surface area contributed by atoms with E-state index >= 15 is 0 Å². The van der Waals surface area contributed by atoms with Gasteiger partial charge in [0.25, 0.3) is 5.91 Å². The quantitative estimate of drug-likeness (QED) is 0.757. The highest BCUT2D eigenvalue weighted by molar-refractivity contribution is 5.90. The highest BCUT2D eigenvalue weighted by atomic mass is 16.5. The van der Waals surface area contributed by atoms with Crippen LogP contribution in [0, 0.1) is 0 Å². The highest BCUT2D eigenvalue weighted by Crippen LogP contribution is 2.17. The Bertz CT molecular complexity index is 493. The molecule has 1 saturated carbocycles. The van der Waals surface area contributed by atoms with Crippen molar-refractivity contribution in [2.75, 3.05) is 0 Å². The van der Waals surface area contributed by atoms with E-state index < -0.39 is 5.91 Å². The summed E-state index contributed by atoms with van der Waals surface area (Å²) in [6.45, 7) is 3.77. The molecule has 2 amide bonds. The Morgan fingerprint density at radius 3 is 2.48 bits per heavy atom. The van der Waals surface area contributed by atoms with Gasteiger partial charge < -0.3 is 21.3 Å². The van der Waals surface area contributed by atoms with E-state index in [1.54, 1.807) is 6.07 Å². The van der Waals surface area contributed by atoms with Crippen molar-refractivity contribution < 1.29 is 14.1 Å². The van der Waals surface area contributed by atoms with Crippen LogP contribution in [-0.2, 0) is 11.2 Å². The Morgan fingerprint density at radius 2 is 2.04 bits per heavy atom. The van der Waals surface area contributed by atoms with E-state index in [9.17, 15) is 9.59 Å². The molecule has 0 aliphatic heterocycles. The number of hydrogen-bond acceptors (Lipinski definition) is 5. The Morgan fingerprint density at radius 1 is 1.39 bits per heavy atom. The number of rotatable bonds is 5. The van der Waals surface area contributed by atoms with Gasteiger partial charge in [-0.3, -0.25) is 9.59 Å². The van der Waals surface area contributed by atoms with Gasteiger partial charge >= 0.3 is 0 Å². The first-order valence-corrected chi connectivity index (χ1v) is 8.22. The normalized spacial score (nSPS) is 16.1. The summed E-state index contributed by atoms with van der Waals surface area (Å²) in [5, 5.41) is 6.47. The van der Waals surface area contributed by atoms with Gasteiger partial charge in [-0.15, -0.1) is 0 Å². The molecule has 1 unspecified atom stereocenters. The second-order valence-corrected chi connectivity index (χ2v) is 5.98. The van der Waals surface area contributed by atoms with Gasteiger partial charge in [0, 0.05) is 31.0 Å². The van der Waals surface area contributed by atoms with Gasteiger partial charge in [-0.25, -0.2) is 0 Å². The third kappa shape index (κ3) is 7.78. The molecule has 130 valence electrons. The molecule has 1 aromatic heterocycles. The van der Waals surface area contributed by atoms with Crippen LogP contribution in [-0.4, -0.2) is 29.1 Å². The number of nitrogens with two attached hydrogens (primary N) is 2. The third-order valence-corrected chi connectivity index (χ3v) is 3.64. The minimum absolute atomic E-state index is 0.0245. The van der Waals surface area contributed by atoms with Gasteiger partial charge in [-0.2, -0.15) is 0 Å². The smallest absolute Gasteiger partial charge is 0.270 e. The molecule has 5 N–H and O–H groups in total. The molecule has 0 aromatic carbocycles. The fourth-order valence-electron chi connectivity index (χ4n) is 2.42. The lowest BCUT2D eigenvalue weighted by atomic mass is 9.95. The van der Waals surface area contributed by atoms with Gasteiger partial charge in [0.2, 0.25) is 5.91 Å². The minimum Gasteiger partial charge on any atom is -0.364 e. The van der Waals surface area contributed by atoms with E-state index in [0.717, 1.165) is 19.3 Å². The molecule has 1 aromatic rings. The van der Waals surface area contributed by atoms with Crippen LogP contribution < -0.4 is 16.8 Å². The van der Waals surface area contributed by atoms with Crippen LogP contribution in [0.5, 0.6) is 0 Å². The fraction of sp³-hybridized carbons (Fsp3) is 0.688.